The van der Waals surface area contributed by atoms with E-state index in [9.17, 15) is 4.79 Å². The van der Waals surface area contributed by atoms with Crippen LogP contribution in [0.15, 0.2) is 24.3 Å². The number of rotatable bonds is 9. The van der Waals surface area contributed by atoms with E-state index in [-0.39, 0.29) is 0 Å². The van der Waals surface area contributed by atoms with E-state index in [1.54, 1.807) is 12.1 Å². The topological polar surface area (TPSA) is 35.5 Å². The van der Waals surface area contributed by atoms with Crippen molar-refractivity contribution in [2.24, 2.45) is 0 Å². The Morgan fingerprint density at radius 2 is 1.71 bits per heavy atom. The molecule has 0 aliphatic carbocycles. The molecule has 1 radical (unpaired) electrons. The lowest BCUT2D eigenvalue weighted by atomic mass is 10.0. The molecule has 0 aliphatic heterocycles. The lowest BCUT2D eigenvalue weighted by molar-refractivity contribution is -0.233. The van der Waals surface area contributed by atoms with Crippen LogP contribution in [-0.4, -0.2) is 5.97 Å². The molecule has 0 aromatic heterocycles. The maximum Gasteiger partial charge on any atom is 0.373 e. The van der Waals surface area contributed by atoms with Gasteiger partial charge in [-0.1, -0.05) is 58.6 Å². The molecule has 1 rings (SSSR count). The van der Waals surface area contributed by atoms with Crippen molar-refractivity contribution < 1.29 is 14.6 Å². The van der Waals surface area contributed by atoms with Crippen LogP contribution in [0.3, 0.4) is 0 Å². The zero-order chi connectivity index (χ0) is 15.7. The van der Waals surface area contributed by atoms with Gasteiger partial charge in [0.25, 0.3) is 0 Å². The summed E-state index contributed by atoms with van der Waals surface area (Å²) in [7, 11) is 0. The molecule has 0 unspecified atom stereocenters. The van der Waals surface area contributed by atoms with Crippen molar-refractivity contribution in [3.05, 3.63) is 41.5 Å². The second-order valence-corrected chi connectivity index (χ2v) is 5.74. The fraction of sp³-hybridized carbons (Fsp3) is 0.556. The van der Waals surface area contributed by atoms with E-state index in [1.165, 1.54) is 24.8 Å². The molecule has 0 aliphatic rings. The molecular weight excluding hydrogens is 264 g/mol. The first-order valence-electron chi connectivity index (χ1n) is 7.85. The molecule has 0 heterocycles. The smallest absolute Gasteiger partial charge is 0.292 e. The van der Waals surface area contributed by atoms with Crippen LogP contribution in [0, 0.1) is 6.10 Å². The number of carbonyl (C=O) groups is 1. The van der Waals surface area contributed by atoms with Gasteiger partial charge in [0.15, 0.2) is 0 Å². The Balaban J connectivity index is 2.32. The minimum atomic E-state index is -0.446. The zero-order valence-electron chi connectivity index (χ0n) is 13.6. The Kier molecular flexibility index (Phi) is 8.06. The molecule has 0 N–H and O–H groups in total. The summed E-state index contributed by atoms with van der Waals surface area (Å²) >= 11 is 0. The quantitative estimate of drug-likeness (QED) is 0.346. The van der Waals surface area contributed by atoms with Gasteiger partial charge in [-0.2, -0.15) is 4.89 Å². The van der Waals surface area contributed by atoms with Crippen LogP contribution in [0.1, 0.15) is 81.6 Å². The van der Waals surface area contributed by atoms with E-state index in [0.717, 1.165) is 18.9 Å². The van der Waals surface area contributed by atoms with E-state index in [2.05, 4.69) is 20.8 Å². The van der Waals surface area contributed by atoms with Crippen LogP contribution in [-0.2, 0) is 9.78 Å². The minimum absolute atomic E-state index is 0.446. The Morgan fingerprint density at radius 3 is 2.29 bits per heavy atom. The van der Waals surface area contributed by atoms with E-state index < -0.39 is 5.97 Å². The largest absolute Gasteiger partial charge is 0.373 e. The molecular formula is C18H27O3. The van der Waals surface area contributed by atoms with Crippen LogP contribution in [0.25, 0.3) is 0 Å². The number of benzene rings is 1. The molecule has 0 spiro atoms. The molecule has 21 heavy (non-hydrogen) atoms. The van der Waals surface area contributed by atoms with Crippen LogP contribution < -0.4 is 0 Å². The van der Waals surface area contributed by atoms with Crippen molar-refractivity contribution in [3.8, 4) is 0 Å². The lowest BCUT2D eigenvalue weighted by Crippen LogP contribution is -2.09. The van der Waals surface area contributed by atoms with Crippen LogP contribution in [0.5, 0.6) is 0 Å². The minimum Gasteiger partial charge on any atom is -0.292 e. The number of hydrogen-bond acceptors (Lipinski definition) is 3. The molecule has 117 valence electrons. The summed E-state index contributed by atoms with van der Waals surface area (Å²) in [5.74, 6) is 0.00299. The van der Waals surface area contributed by atoms with Gasteiger partial charge in [-0.25, -0.2) is 4.79 Å². The Labute approximate surface area is 128 Å². The van der Waals surface area contributed by atoms with Gasteiger partial charge in [0.1, 0.15) is 6.10 Å². The summed E-state index contributed by atoms with van der Waals surface area (Å²) < 4.78 is 0. The highest BCUT2D eigenvalue weighted by Crippen LogP contribution is 2.17. The van der Waals surface area contributed by atoms with Crippen LogP contribution in [0.2, 0.25) is 0 Å². The van der Waals surface area contributed by atoms with Crippen LogP contribution >= 0.6 is 0 Å². The van der Waals surface area contributed by atoms with Gasteiger partial charge >= 0.3 is 5.97 Å². The van der Waals surface area contributed by atoms with Gasteiger partial charge in [0, 0.05) is 0 Å². The first kappa shape index (κ1) is 17.7. The number of unbranched alkanes of at least 4 members (excludes halogenated alkanes) is 3. The van der Waals surface area contributed by atoms with E-state index in [1.807, 2.05) is 19.1 Å². The van der Waals surface area contributed by atoms with Crippen molar-refractivity contribution in [2.45, 2.75) is 65.7 Å². The highest BCUT2D eigenvalue weighted by atomic mass is 17.2. The SMILES string of the molecule is CCCCCC[C](C)OOC(=O)c1ccc(C(C)C)cc1. The molecule has 1 aromatic rings. The van der Waals surface area contributed by atoms with Crippen LogP contribution in [0.4, 0.5) is 0 Å². The molecule has 0 amide bonds. The van der Waals surface area contributed by atoms with Gasteiger partial charge in [-0.3, -0.25) is 4.89 Å². The van der Waals surface area contributed by atoms with Gasteiger partial charge in [0.05, 0.1) is 5.56 Å². The summed E-state index contributed by atoms with van der Waals surface area (Å²) in [6, 6.07) is 7.44. The van der Waals surface area contributed by atoms with E-state index >= 15 is 0 Å². The highest BCUT2D eigenvalue weighted by Gasteiger charge is 2.12. The van der Waals surface area contributed by atoms with Gasteiger partial charge in [-0.15, -0.1) is 0 Å². The number of hydrogen-bond donors (Lipinski definition) is 0. The van der Waals surface area contributed by atoms with Crippen molar-refractivity contribution in [2.75, 3.05) is 0 Å². The summed E-state index contributed by atoms with van der Waals surface area (Å²) in [6.07, 6.45) is 6.27. The molecule has 0 saturated carbocycles. The molecule has 0 bridgehead atoms. The van der Waals surface area contributed by atoms with Crippen molar-refractivity contribution in [1.82, 2.24) is 0 Å². The van der Waals surface area contributed by atoms with Crippen molar-refractivity contribution in [3.63, 3.8) is 0 Å². The average molecular weight is 291 g/mol. The third kappa shape index (κ3) is 6.76. The monoisotopic (exact) mass is 291 g/mol. The predicted molar refractivity (Wildman–Crippen MR) is 84.7 cm³/mol. The van der Waals surface area contributed by atoms with Crippen molar-refractivity contribution in [1.29, 1.82) is 0 Å². The zero-order valence-corrected chi connectivity index (χ0v) is 13.6. The van der Waals surface area contributed by atoms with Crippen molar-refractivity contribution >= 4 is 5.97 Å². The van der Waals surface area contributed by atoms with Gasteiger partial charge < -0.3 is 0 Å². The fourth-order valence-electron chi connectivity index (χ4n) is 2.00. The predicted octanol–water partition coefficient (Wildman–Crippen LogP) is 5.42. The molecule has 0 atom stereocenters. The second-order valence-electron chi connectivity index (χ2n) is 5.74. The van der Waals surface area contributed by atoms with Gasteiger partial charge in [-0.05, 0) is 37.0 Å². The molecule has 1 aromatic carbocycles. The first-order valence-corrected chi connectivity index (χ1v) is 7.85. The third-order valence-corrected chi connectivity index (χ3v) is 3.46. The molecule has 3 heteroatoms. The lowest BCUT2D eigenvalue weighted by Gasteiger charge is -2.10. The Hall–Kier alpha value is -1.35. The van der Waals surface area contributed by atoms with E-state index in [0.29, 0.717) is 11.5 Å². The van der Waals surface area contributed by atoms with Gasteiger partial charge in [0.2, 0.25) is 0 Å². The average Bonchev–Trinajstić information content (AvgIpc) is 2.49. The third-order valence-electron chi connectivity index (χ3n) is 3.46. The first-order chi connectivity index (χ1) is 10.0. The highest BCUT2D eigenvalue weighted by molar-refractivity contribution is 5.88. The number of carbonyl (C=O) groups excluding carboxylic acids is 1. The molecule has 0 fully saturated rings. The normalized spacial score (nSPS) is 11.1. The Morgan fingerprint density at radius 1 is 1.05 bits per heavy atom. The standard InChI is InChI=1S/C18H27O3/c1-5-6-7-8-9-15(4)20-21-18(19)17-12-10-16(11-13-17)14(2)3/h10-14H,5-9H2,1-4H3. The summed E-state index contributed by atoms with van der Waals surface area (Å²) in [4.78, 5) is 21.8. The molecule has 3 nitrogen and oxygen atoms in total. The maximum atomic E-state index is 11.8. The Bertz CT molecular complexity index is 409. The molecule has 0 saturated heterocycles. The second kappa shape index (κ2) is 9.56. The summed E-state index contributed by atoms with van der Waals surface area (Å²) in [5.41, 5.74) is 1.71. The maximum absolute atomic E-state index is 11.8. The van der Waals surface area contributed by atoms with E-state index in [4.69, 9.17) is 9.78 Å². The summed E-state index contributed by atoms with van der Waals surface area (Å²) in [6.45, 7) is 8.26. The fourth-order valence-corrected chi connectivity index (χ4v) is 2.00. The summed E-state index contributed by atoms with van der Waals surface area (Å²) in [5, 5.41) is 0.